The van der Waals surface area contributed by atoms with Crippen LogP contribution in [-0.4, -0.2) is 94.0 Å². The molecule has 1 amide bonds. The van der Waals surface area contributed by atoms with Gasteiger partial charge in [-0.05, 0) is 43.4 Å². The highest BCUT2D eigenvalue weighted by atomic mass is 32.2. The lowest BCUT2D eigenvalue weighted by Crippen LogP contribution is -2.49. The van der Waals surface area contributed by atoms with Gasteiger partial charge in [0, 0.05) is 51.5 Å². The van der Waals surface area contributed by atoms with E-state index in [1.807, 2.05) is 0 Å². The van der Waals surface area contributed by atoms with Crippen LogP contribution >= 0.6 is 0 Å². The second-order valence-electron chi connectivity index (χ2n) is 9.63. The van der Waals surface area contributed by atoms with Crippen molar-refractivity contribution < 1.29 is 17.9 Å². The first-order valence-electron chi connectivity index (χ1n) is 12.3. The van der Waals surface area contributed by atoms with Crippen molar-refractivity contribution in [3.05, 3.63) is 23.8 Å². The molecule has 1 aromatic carbocycles. The minimum absolute atomic E-state index is 0.102. The number of hydrogen-bond donors (Lipinski definition) is 1. The molecule has 1 N–H and O–H groups in total. The van der Waals surface area contributed by atoms with Gasteiger partial charge in [-0.2, -0.15) is 4.31 Å². The summed E-state index contributed by atoms with van der Waals surface area (Å²) >= 11 is 0. The van der Waals surface area contributed by atoms with Crippen LogP contribution < -0.4 is 5.32 Å². The van der Waals surface area contributed by atoms with Gasteiger partial charge >= 0.3 is 0 Å². The third kappa shape index (κ3) is 6.54. The number of aryl methyl sites for hydroxylation is 1. The number of sulfonamides is 1. The summed E-state index contributed by atoms with van der Waals surface area (Å²) in [5.41, 5.74) is 1.20. The van der Waals surface area contributed by atoms with Gasteiger partial charge < -0.3 is 15.0 Å². The third-order valence-electron chi connectivity index (χ3n) is 7.13. The predicted molar refractivity (Wildman–Crippen MR) is 129 cm³/mol. The van der Waals surface area contributed by atoms with Gasteiger partial charge in [-0.25, -0.2) is 8.42 Å². The number of carbonyl (C=O) groups is 1. The largest absolute Gasteiger partial charge is 0.379 e. The van der Waals surface area contributed by atoms with Crippen molar-refractivity contribution in [3.8, 4) is 0 Å². The monoisotopic (exact) mass is 478 g/mol. The van der Waals surface area contributed by atoms with E-state index < -0.39 is 10.0 Å². The number of rotatable bonds is 7. The van der Waals surface area contributed by atoms with Crippen LogP contribution in [0, 0.1) is 12.8 Å². The van der Waals surface area contributed by atoms with E-state index in [1.54, 1.807) is 25.1 Å². The molecule has 2 saturated heterocycles. The molecule has 2 aliphatic heterocycles. The van der Waals surface area contributed by atoms with Crippen molar-refractivity contribution >= 4 is 21.6 Å². The molecular formula is C24H38N4O4S. The number of morpholine rings is 1. The average molecular weight is 479 g/mol. The summed E-state index contributed by atoms with van der Waals surface area (Å²) in [6.07, 6.45) is 6.87. The number of nitrogens with zero attached hydrogens (tertiary/aromatic N) is 3. The van der Waals surface area contributed by atoms with E-state index in [2.05, 4.69) is 15.1 Å². The van der Waals surface area contributed by atoms with E-state index in [1.165, 1.54) is 43.0 Å². The molecule has 0 spiro atoms. The summed E-state index contributed by atoms with van der Waals surface area (Å²) < 4.78 is 32.9. The Kier molecular flexibility index (Phi) is 8.40. The molecule has 0 bridgehead atoms. The van der Waals surface area contributed by atoms with E-state index in [0.717, 1.165) is 32.1 Å². The zero-order valence-corrected chi connectivity index (χ0v) is 20.6. The van der Waals surface area contributed by atoms with Crippen molar-refractivity contribution in [3.63, 3.8) is 0 Å². The number of carbonyl (C=O) groups excluding carboxylic acids is 1. The fraction of sp³-hybridized carbons (Fsp3) is 0.708. The molecule has 1 aliphatic carbocycles. The van der Waals surface area contributed by atoms with Gasteiger partial charge in [-0.15, -0.1) is 0 Å². The standard InChI is InChI=1S/C24H38N4O4S/c1-20-7-8-22(17-23(20)33(30,31)28-13-15-32-16-14-28)25-24(29)19-27-11-9-26(10-12-27)18-21-5-3-2-4-6-21/h7-8,17,21H,2-6,9-16,18-19H2,1H3,(H,25,29). The Morgan fingerprint density at radius 2 is 1.67 bits per heavy atom. The number of benzene rings is 1. The Morgan fingerprint density at radius 3 is 2.36 bits per heavy atom. The van der Waals surface area contributed by atoms with E-state index in [9.17, 15) is 13.2 Å². The minimum atomic E-state index is -3.61. The minimum Gasteiger partial charge on any atom is -0.379 e. The summed E-state index contributed by atoms with van der Waals surface area (Å²) in [5.74, 6) is 0.743. The van der Waals surface area contributed by atoms with E-state index in [0.29, 0.717) is 44.1 Å². The van der Waals surface area contributed by atoms with Crippen LogP contribution in [0.4, 0.5) is 5.69 Å². The average Bonchev–Trinajstić information content (AvgIpc) is 2.83. The third-order valence-corrected chi connectivity index (χ3v) is 9.17. The van der Waals surface area contributed by atoms with E-state index in [-0.39, 0.29) is 10.8 Å². The van der Waals surface area contributed by atoms with Gasteiger partial charge in [-0.1, -0.05) is 25.3 Å². The molecule has 0 atom stereocenters. The molecule has 9 heteroatoms. The van der Waals surface area contributed by atoms with Crippen LogP contribution in [0.25, 0.3) is 0 Å². The van der Waals surface area contributed by atoms with Crippen LogP contribution in [0.3, 0.4) is 0 Å². The molecule has 0 radical (unpaired) electrons. The lowest BCUT2D eigenvalue weighted by Gasteiger charge is -2.37. The molecule has 1 aromatic rings. The van der Waals surface area contributed by atoms with Crippen LogP contribution in [0.2, 0.25) is 0 Å². The normalized spacial score (nSPS) is 22.3. The Hall–Kier alpha value is -1.52. The molecule has 4 rings (SSSR count). The molecule has 8 nitrogen and oxygen atoms in total. The van der Waals surface area contributed by atoms with Gasteiger partial charge in [0.1, 0.15) is 0 Å². The smallest absolute Gasteiger partial charge is 0.243 e. The number of nitrogens with one attached hydrogen (secondary N) is 1. The van der Waals surface area contributed by atoms with Gasteiger partial charge in [0.05, 0.1) is 24.7 Å². The van der Waals surface area contributed by atoms with Crippen molar-refractivity contribution in [2.45, 2.75) is 43.9 Å². The lowest BCUT2D eigenvalue weighted by atomic mass is 9.89. The van der Waals surface area contributed by atoms with Crippen molar-refractivity contribution in [2.24, 2.45) is 5.92 Å². The van der Waals surface area contributed by atoms with Crippen molar-refractivity contribution in [1.29, 1.82) is 0 Å². The summed E-state index contributed by atoms with van der Waals surface area (Å²) in [6, 6.07) is 5.11. The van der Waals surface area contributed by atoms with Crippen LogP contribution in [-0.2, 0) is 19.6 Å². The highest BCUT2D eigenvalue weighted by Gasteiger charge is 2.28. The summed E-state index contributed by atoms with van der Waals surface area (Å²) in [7, 11) is -3.61. The van der Waals surface area contributed by atoms with Gasteiger partial charge in [0.15, 0.2) is 0 Å². The number of ether oxygens (including phenoxy) is 1. The quantitative estimate of drug-likeness (QED) is 0.647. The van der Waals surface area contributed by atoms with E-state index >= 15 is 0 Å². The van der Waals surface area contributed by atoms with Crippen molar-refractivity contribution in [1.82, 2.24) is 14.1 Å². The molecular weight excluding hydrogens is 440 g/mol. The highest BCUT2D eigenvalue weighted by Crippen LogP contribution is 2.26. The number of anilines is 1. The predicted octanol–water partition coefficient (Wildman–Crippen LogP) is 2.15. The van der Waals surface area contributed by atoms with Crippen LogP contribution in [0.1, 0.15) is 37.7 Å². The molecule has 184 valence electrons. The molecule has 0 aromatic heterocycles. The fourth-order valence-electron chi connectivity index (χ4n) is 5.15. The maximum absolute atomic E-state index is 13.1. The highest BCUT2D eigenvalue weighted by molar-refractivity contribution is 7.89. The summed E-state index contributed by atoms with van der Waals surface area (Å²) in [5, 5.41) is 2.91. The first-order valence-corrected chi connectivity index (χ1v) is 13.8. The maximum atomic E-state index is 13.1. The van der Waals surface area contributed by atoms with Crippen molar-refractivity contribution in [2.75, 3.05) is 70.9 Å². The van der Waals surface area contributed by atoms with E-state index in [4.69, 9.17) is 4.74 Å². The number of amides is 1. The second-order valence-corrected chi connectivity index (χ2v) is 11.5. The molecule has 1 saturated carbocycles. The topological polar surface area (TPSA) is 82.2 Å². The SMILES string of the molecule is Cc1ccc(NC(=O)CN2CCN(CC3CCCCC3)CC2)cc1S(=O)(=O)N1CCOCC1. The molecule has 2 heterocycles. The van der Waals surface area contributed by atoms with Gasteiger partial charge in [0.25, 0.3) is 0 Å². The summed E-state index contributed by atoms with van der Waals surface area (Å²) in [4.78, 5) is 17.7. The number of hydrogen-bond acceptors (Lipinski definition) is 6. The van der Waals surface area contributed by atoms with Crippen LogP contribution in [0.15, 0.2) is 23.1 Å². The lowest BCUT2D eigenvalue weighted by molar-refractivity contribution is -0.117. The molecule has 3 fully saturated rings. The Labute approximate surface area is 198 Å². The first-order chi connectivity index (χ1) is 15.9. The first kappa shape index (κ1) is 24.6. The molecule has 0 unspecified atom stereocenters. The zero-order chi connectivity index (χ0) is 23.3. The molecule has 3 aliphatic rings. The number of piperazine rings is 1. The van der Waals surface area contributed by atoms with Crippen LogP contribution in [0.5, 0.6) is 0 Å². The Morgan fingerprint density at radius 1 is 1.00 bits per heavy atom. The second kappa shape index (κ2) is 11.3. The molecule has 33 heavy (non-hydrogen) atoms. The maximum Gasteiger partial charge on any atom is 0.243 e. The van der Waals surface area contributed by atoms with Gasteiger partial charge in [-0.3, -0.25) is 9.69 Å². The van der Waals surface area contributed by atoms with Gasteiger partial charge in [0.2, 0.25) is 15.9 Å². The Balaban J connectivity index is 1.28. The zero-order valence-electron chi connectivity index (χ0n) is 19.8. The Bertz CT molecular complexity index is 903. The fourth-order valence-corrected chi connectivity index (χ4v) is 6.81. The summed E-state index contributed by atoms with van der Waals surface area (Å²) in [6.45, 7) is 8.63.